The van der Waals surface area contributed by atoms with Crippen LogP contribution in [-0.4, -0.2) is 43.0 Å². The molecule has 0 aromatic heterocycles. The van der Waals surface area contributed by atoms with Crippen LogP contribution in [0.25, 0.3) is 0 Å². The molecule has 17 heavy (non-hydrogen) atoms. The maximum Gasteiger partial charge on any atom is 0.163 e. The number of ketones is 1. The first-order chi connectivity index (χ1) is 8.29. The molecule has 0 N–H and O–H groups in total. The summed E-state index contributed by atoms with van der Waals surface area (Å²) in [7, 11) is 0. The zero-order chi connectivity index (χ0) is 12.1. The summed E-state index contributed by atoms with van der Waals surface area (Å²) in [6, 6.07) is 0. The van der Waals surface area contributed by atoms with Gasteiger partial charge in [-0.3, -0.25) is 9.69 Å². The second-order valence-corrected chi connectivity index (χ2v) is 5.48. The Hall–Kier alpha value is -0.410. The van der Waals surface area contributed by atoms with E-state index in [-0.39, 0.29) is 6.10 Å². The van der Waals surface area contributed by atoms with Crippen molar-refractivity contribution in [3.8, 4) is 0 Å². The molecule has 1 aliphatic carbocycles. The lowest BCUT2D eigenvalue weighted by Gasteiger charge is -2.32. The molecule has 98 valence electrons. The quantitative estimate of drug-likeness (QED) is 0.737. The van der Waals surface area contributed by atoms with Gasteiger partial charge in [0.25, 0.3) is 0 Å². The highest BCUT2D eigenvalue weighted by molar-refractivity contribution is 5.83. The van der Waals surface area contributed by atoms with E-state index in [0.29, 0.717) is 11.7 Å². The van der Waals surface area contributed by atoms with Crippen molar-refractivity contribution in [2.45, 2.75) is 51.6 Å². The van der Waals surface area contributed by atoms with Crippen LogP contribution in [0.5, 0.6) is 0 Å². The van der Waals surface area contributed by atoms with E-state index in [9.17, 15) is 4.79 Å². The van der Waals surface area contributed by atoms with E-state index in [1.165, 1.54) is 25.7 Å². The summed E-state index contributed by atoms with van der Waals surface area (Å²) in [6.45, 7) is 5.81. The maximum absolute atomic E-state index is 12.2. The van der Waals surface area contributed by atoms with Crippen LogP contribution in [0.4, 0.5) is 0 Å². The highest BCUT2D eigenvalue weighted by Crippen LogP contribution is 2.28. The summed E-state index contributed by atoms with van der Waals surface area (Å²) in [5.74, 6) is 0.991. The number of carbonyl (C=O) groups is 1. The zero-order valence-corrected chi connectivity index (χ0v) is 11.0. The third-order valence-electron chi connectivity index (χ3n) is 4.01. The molecule has 0 bridgehead atoms. The molecule has 2 rings (SSSR count). The van der Waals surface area contributed by atoms with Crippen LogP contribution < -0.4 is 0 Å². The van der Waals surface area contributed by atoms with E-state index >= 15 is 0 Å². The Kier molecular flexibility index (Phi) is 4.99. The molecule has 2 fully saturated rings. The minimum absolute atomic E-state index is 0.143. The van der Waals surface area contributed by atoms with Gasteiger partial charge in [-0.05, 0) is 18.9 Å². The second kappa shape index (κ2) is 6.50. The van der Waals surface area contributed by atoms with Gasteiger partial charge in [0.15, 0.2) is 5.78 Å². The number of rotatable bonds is 5. The molecular weight excluding hydrogens is 214 g/mol. The SMILES string of the molecule is CCCN1CCOC(C(=O)CC2CCCC2)C1. The van der Waals surface area contributed by atoms with Crippen molar-refractivity contribution in [1.82, 2.24) is 4.90 Å². The summed E-state index contributed by atoms with van der Waals surface area (Å²) < 4.78 is 5.64. The highest BCUT2D eigenvalue weighted by atomic mass is 16.5. The molecule has 3 heteroatoms. The first-order valence-electron chi connectivity index (χ1n) is 7.16. The largest absolute Gasteiger partial charge is 0.368 e. The van der Waals surface area contributed by atoms with Gasteiger partial charge < -0.3 is 4.74 Å². The number of nitrogens with zero attached hydrogens (tertiary/aromatic N) is 1. The summed E-state index contributed by atoms with van der Waals surface area (Å²) in [4.78, 5) is 14.5. The van der Waals surface area contributed by atoms with Crippen molar-refractivity contribution in [1.29, 1.82) is 0 Å². The molecular formula is C14H25NO2. The van der Waals surface area contributed by atoms with E-state index in [2.05, 4.69) is 11.8 Å². The van der Waals surface area contributed by atoms with Gasteiger partial charge >= 0.3 is 0 Å². The normalized spacial score (nSPS) is 27.5. The Morgan fingerprint density at radius 3 is 2.82 bits per heavy atom. The maximum atomic E-state index is 12.2. The fourth-order valence-corrected chi connectivity index (χ4v) is 3.05. The molecule has 1 unspecified atom stereocenters. The van der Waals surface area contributed by atoms with Crippen molar-refractivity contribution in [3.05, 3.63) is 0 Å². The monoisotopic (exact) mass is 239 g/mol. The molecule has 1 heterocycles. The molecule has 0 radical (unpaired) electrons. The van der Waals surface area contributed by atoms with Crippen molar-refractivity contribution >= 4 is 5.78 Å². The van der Waals surface area contributed by atoms with Crippen LogP contribution in [0.15, 0.2) is 0 Å². The van der Waals surface area contributed by atoms with Crippen molar-refractivity contribution < 1.29 is 9.53 Å². The standard InChI is InChI=1S/C14H25NO2/c1-2-7-15-8-9-17-14(11-15)13(16)10-12-5-3-4-6-12/h12,14H,2-11H2,1H3. The van der Waals surface area contributed by atoms with E-state index in [0.717, 1.165) is 39.1 Å². The van der Waals surface area contributed by atoms with Gasteiger partial charge in [-0.15, -0.1) is 0 Å². The fourth-order valence-electron chi connectivity index (χ4n) is 3.05. The molecule has 0 aromatic carbocycles. The molecule has 0 aromatic rings. The topological polar surface area (TPSA) is 29.5 Å². The van der Waals surface area contributed by atoms with E-state index < -0.39 is 0 Å². The smallest absolute Gasteiger partial charge is 0.163 e. The number of morpholine rings is 1. The first-order valence-corrected chi connectivity index (χ1v) is 7.16. The van der Waals surface area contributed by atoms with Crippen molar-refractivity contribution in [3.63, 3.8) is 0 Å². The molecule has 3 nitrogen and oxygen atoms in total. The second-order valence-electron chi connectivity index (χ2n) is 5.48. The predicted molar refractivity (Wildman–Crippen MR) is 68.1 cm³/mol. The van der Waals surface area contributed by atoms with Gasteiger partial charge in [-0.2, -0.15) is 0 Å². The van der Waals surface area contributed by atoms with Crippen LogP contribution >= 0.6 is 0 Å². The molecule has 0 amide bonds. The fraction of sp³-hybridized carbons (Fsp3) is 0.929. The molecule has 0 spiro atoms. The Balaban J connectivity index is 1.77. The van der Waals surface area contributed by atoms with Gasteiger partial charge in [-0.1, -0.05) is 32.6 Å². The van der Waals surface area contributed by atoms with Gasteiger partial charge in [0.2, 0.25) is 0 Å². The minimum Gasteiger partial charge on any atom is -0.368 e. The average molecular weight is 239 g/mol. The summed E-state index contributed by atoms with van der Waals surface area (Å²) in [5.41, 5.74) is 0. The third kappa shape index (κ3) is 3.78. The predicted octanol–water partition coefficient (Wildman–Crippen LogP) is 2.25. The Bertz CT molecular complexity index is 247. The Morgan fingerprint density at radius 1 is 1.35 bits per heavy atom. The summed E-state index contributed by atoms with van der Waals surface area (Å²) in [5, 5.41) is 0. The van der Waals surface area contributed by atoms with Crippen LogP contribution in [0.3, 0.4) is 0 Å². The first kappa shape index (κ1) is 13.0. The number of Topliss-reactive ketones (excluding diaryl/α,β-unsaturated/α-hetero) is 1. The van der Waals surface area contributed by atoms with Gasteiger partial charge in [0, 0.05) is 19.5 Å². The van der Waals surface area contributed by atoms with Crippen LogP contribution in [0.2, 0.25) is 0 Å². The number of hydrogen-bond donors (Lipinski definition) is 0. The number of ether oxygens (including phenoxy) is 1. The van der Waals surface area contributed by atoms with E-state index in [1.807, 2.05) is 0 Å². The lowest BCUT2D eigenvalue weighted by Crippen LogP contribution is -2.46. The third-order valence-corrected chi connectivity index (χ3v) is 4.01. The summed E-state index contributed by atoms with van der Waals surface area (Å²) >= 11 is 0. The zero-order valence-electron chi connectivity index (χ0n) is 11.0. The summed E-state index contributed by atoms with van der Waals surface area (Å²) in [6.07, 6.45) is 6.88. The minimum atomic E-state index is -0.143. The lowest BCUT2D eigenvalue weighted by molar-refractivity contribution is -0.137. The number of carbonyl (C=O) groups excluding carboxylic acids is 1. The lowest BCUT2D eigenvalue weighted by atomic mass is 9.98. The Morgan fingerprint density at radius 2 is 2.12 bits per heavy atom. The highest BCUT2D eigenvalue weighted by Gasteiger charge is 2.28. The number of hydrogen-bond acceptors (Lipinski definition) is 3. The average Bonchev–Trinajstić information content (AvgIpc) is 2.83. The molecule has 2 aliphatic rings. The van der Waals surface area contributed by atoms with Crippen LogP contribution in [-0.2, 0) is 9.53 Å². The van der Waals surface area contributed by atoms with E-state index in [4.69, 9.17) is 4.74 Å². The Labute approximate surface area is 105 Å². The van der Waals surface area contributed by atoms with Gasteiger partial charge in [0.1, 0.15) is 6.10 Å². The van der Waals surface area contributed by atoms with E-state index in [1.54, 1.807) is 0 Å². The van der Waals surface area contributed by atoms with Crippen LogP contribution in [0, 0.1) is 5.92 Å². The van der Waals surface area contributed by atoms with Gasteiger partial charge in [-0.25, -0.2) is 0 Å². The molecule has 1 aliphatic heterocycles. The van der Waals surface area contributed by atoms with Crippen molar-refractivity contribution in [2.75, 3.05) is 26.2 Å². The molecule has 1 saturated heterocycles. The van der Waals surface area contributed by atoms with Gasteiger partial charge in [0.05, 0.1) is 6.61 Å². The molecule has 1 saturated carbocycles. The molecule has 1 atom stereocenters. The van der Waals surface area contributed by atoms with Crippen LogP contribution in [0.1, 0.15) is 45.4 Å². The van der Waals surface area contributed by atoms with Crippen molar-refractivity contribution in [2.24, 2.45) is 5.92 Å².